The van der Waals surface area contributed by atoms with Crippen LogP contribution < -0.4 is 0 Å². The number of rotatable bonds is 10. The fraction of sp³-hybridized carbons (Fsp3) is 0.625. The first-order valence-corrected chi connectivity index (χ1v) is 13.4. The highest BCUT2D eigenvalue weighted by Gasteiger charge is 2.34. The Morgan fingerprint density at radius 3 is 2.53 bits per heavy atom. The lowest BCUT2D eigenvalue weighted by Gasteiger charge is -2.28. The van der Waals surface area contributed by atoms with Gasteiger partial charge in [-0.2, -0.15) is 0 Å². The molecule has 1 unspecified atom stereocenters. The van der Waals surface area contributed by atoms with Gasteiger partial charge in [-0.3, -0.25) is 14.4 Å². The summed E-state index contributed by atoms with van der Waals surface area (Å²) >= 11 is 0. The fourth-order valence-electron chi connectivity index (χ4n) is 4.42. The summed E-state index contributed by atoms with van der Waals surface area (Å²) in [6.45, 7) is 2.02. The molecule has 0 radical (unpaired) electrons. The Kier molecular flexibility index (Phi) is 8.45. The molecule has 1 aliphatic carbocycles. The van der Waals surface area contributed by atoms with Gasteiger partial charge in [0.1, 0.15) is 0 Å². The maximum atomic E-state index is 12.6. The van der Waals surface area contributed by atoms with Gasteiger partial charge in [0.2, 0.25) is 0 Å². The molecule has 0 saturated carbocycles. The van der Waals surface area contributed by atoms with Gasteiger partial charge in [0, 0.05) is 24.6 Å². The number of benzene rings is 1. The summed E-state index contributed by atoms with van der Waals surface area (Å²) in [7, 11) is -3.12. The van der Waals surface area contributed by atoms with Gasteiger partial charge >= 0.3 is 5.97 Å². The van der Waals surface area contributed by atoms with Crippen LogP contribution in [0.3, 0.4) is 0 Å². The van der Waals surface area contributed by atoms with Gasteiger partial charge in [0.05, 0.1) is 17.9 Å². The molecule has 0 aromatic heterocycles. The number of hydrogen-bond acceptors (Lipinski definition) is 6. The Balaban J connectivity index is 1.47. The molecule has 1 heterocycles. The highest BCUT2D eigenvalue weighted by atomic mass is 32.2. The van der Waals surface area contributed by atoms with Crippen LogP contribution in [0.2, 0.25) is 0 Å². The lowest BCUT2D eigenvalue weighted by Crippen LogP contribution is -2.43. The Bertz CT molecular complexity index is 955. The van der Waals surface area contributed by atoms with Crippen LogP contribution in [0.25, 0.3) is 0 Å². The maximum absolute atomic E-state index is 12.6. The molecule has 1 aromatic rings. The maximum Gasteiger partial charge on any atom is 0.306 e. The number of amides is 1. The van der Waals surface area contributed by atoms with Gasteiger partial charge in [-0.15, -0.1) is 0 Å². The van der Waals surface area contributed by atoms with E-state index in [1.54, 1.807) is 4.90 Å². The third kappa shape index (κ3) is 6.64. The quantitative estimate of drug-likeness (QED) is 0.391. The van der Waals surface area contributed by atoms with E-state index in [1.807, 2.05) is 25.1 Å². The van der Waals surface area contributed by atoms with Crippen molar-refractivity contribution in [2.45, 2.75) is 70.8 Å². The number of ketones is 1. The summed E-state index contributed by atoms with van der Waals surface area (Å²) < 4.78 is 28.7. The monoisotopic (exact) mass is 463 g/mol. The average Bonchev–Trinajstić information content (AvgIpc) is 3.15. The minimum absolute atomic E-state index is 0.0340. The molecule has 8 heteroatoms. The molecule has 0 spiro atoms. The topological polar surface area (TPSA) is 97.8 Å². The van der Waals surface area contributed by atoms with Crippen LogP contribution in [0.15, 0.2) is 18.2 Å². The molecule has 1 aliphatic heterocycles. The fourth-order valence-corrected chi connectivity index (χ4v) is 6.16. The van der Waals surface area contributed by atoms with Gasteiger partial charge in [-0.05, 0) is 55.7 Å². The summed E-state index contributed by atoms with van der Waals surface area (Å²) in [5, 5.41) is 0. The Hall–Kier alpha value is -2.22. The van der Waals surface area contributed by atoms with Crippen LogP contribution in [0.5, 0.6) is 0 Å². The SMILES string of the molecule is CCCCN(C(=O)COC(=O)CCC(=O)c1ccc2c(c1)CCCC2)C1CCS(=O)(=O)C1. The molecule has 176 valence electrons. The third-order valence-electron chi connectivity index (χ3n) is 6.31. The second-order valence-electron chi connectivity index (χ2n) is 8.77. The largest absolute Gasteiger partial charge is 0.456 e. The number of aryl methyl sites for hydroxylation is 2. The van der Waals surface area contributed by atoms with Crippen molar-refractivity contribution >= 4 is 27.5 Å². The molecule has 1 atom stereocenters. The van der Waals surface area contributed by atoms with Crippen LogP contribution in [-0.2, 0) is 37.0 Å². The van der Waals surface area contributed by atoms with E-state index in [4.69, 9.17) is 4.74 Å². The van der Waals surface area contributed by atoms with E-state index >= 15 is 0 Å². The van der Waals surface area contributed by atoms with Gasteiger partial charge < -0.3 is 9.64 Å². The summed E-state index contributed by atoms with van der Waals surface area (Å²) in [6.07, 6.45) is 6.33. The number of sulfone groups is 1. The average molecular weight is 464 g/mol. The van der Waals surface area contributed by atoms with Crippen molar-refractivity contribution in [3.63, 3.8) is 0 Å². The van der Waals surface area contributed by atoms with Gasteiger partial charge in [0.25, 0.3) is 5.91 Å². The summed E-state index contributed by atoms with van der Waals surface area (Å²) in [4.78, 5) is 38.8. The number of esters is 1. The van der Waals surface area contributed by atoms with E-state index in [-0.39, 0.29) is 42.1 Å². The Morgan fingerprint density at radius 2 is 1.84 bits per heavy atom. The van der Waals surface area contributed by atoms with E-state index in [9.17, 15) is 22.8 Å². The lowest BCUT2D eigenvalue weighted by atomic mass is 9.89. The zero-order chi connectivity index (χ0) is 23.1. The van der Waals surface area contributed by atoms with Crippen LogP contribution in [-0.4, -0.2) is 61.7 Å². The number of Topliss-reactive ketones (excluding diaryl/α,β-unsaturated/α-hetero) is 1. The predicted molar refractivity (Wildman–Crippen MR) is 121 cm³/mol. The molecule has 7 nitrogen and oxygen atoms in total. The number of nitrogens with zero attached hydrogens (tertiary/aromatic N) is 1. The van der Waals surface area contributed by atoms with E-state index in [0.29, 0.717) is 18.5 Å². The normalized spacial score (nSPS) is 19.2. The molecule has 0 N–H and O–H groups in total. The minimum atomic E-state index is -3.12. The zero-order valence-corrected chi connectivity index (χ0v) is 19.6. The molecule has 1 aromatic carbocycles. The highest BCUT2D eigenvalue weighted by molar-refractivity contribution is 7.91. The lowest BCUT2D eigenvalue weighted by molar-refractivity contribution is -0.152. The zero-order valence-electron chi connectivity index (χ0n) is 18.8. The summed E-state index contributed by atoms with van der Waals surface area (Å²) in [5.74, 6) is -1.04. The molecule has 2 aliphatic rings. The van der Waals surface area contributed by atoms with E-state index in [0.717, 1.165) is 32.1 Å². The van der Waals surface area contributed by atoms with Crippen LogP contribution in [0.1, 0.15) is 73.4 Å². The van der Waals surface area contributed by atoms with Crippen LogP contribution in [0.4, 0.5) is 0 Å². The van der Waals surface area contributed by atoms with Crippen molar-refractivity contribution in [1.29, 1.82) is 0 Å². The van der Waals surface area contributed by atoms with Crippen molar-refractivity contribution in [2.75, 3.05) is 24.7 Å². The first kappa shape index (κ1) is 24.4. The molecule has 0 bridgehead atoms. The summed E-state index contributed by atoms with van der Waals surface area (Å²) in [6, 6.07) is 5.41. The molecule has 1 fully saturated rings. The van der Waals surface area contributed by atoms with Gasteiger partial charge in [0.15, 0.2) is 22.2 Å². The van der Waals surface area contributed by atoms with E-state index in [2.05, 4.69) is 0 Å². The molecule has 32 heavy (non-hydrogen) atoms. The standard InChI is InChI=1S/C24H33NO6S/c1-2-3-13-25(21-12-14-32(29,30)17-21)23(27)16-31-24(28)11-10-22(26)20-9-8-18-6-4-5-7-19(18)15-20/h8-9,15,21H,2-7,10-14,16-17H2,1H3. The highest BCUT2D eigenvalue weighted by Crippen LogP contribution is 2.23. The molecule has 3 rings (SSSR count). The second-order valence-corrected chi connectivity index (χ2v) is 11.0. The number of carbonyl (C=O) groups is 3. The first-order valence-electron chi connectivity index (χ1n) is 11.6. The Labute approximate surface area is 190 Å². The van der Waals surface area contributed by atoms with Crippen molar-refractivity contribution in [3.05, 3.63) is 34.9 Å². The molecular formula is C24H33NO6S. The number of fused-ring (bicyclic) bond motifs is 1. The van der Waals surface area contributed by atoms with Crippen molar-refractivity contribution < 1.29 is 27.5 Å². The second kappa shape index (κ2) is 11.1. The van der Waals surface area contributed by atoms with Gasteiger partial charge in [-0.25, -0.2) is 8.42 Å². The van der Waals surface area contributed by atoms with E-state index < -0.39 is 22.4 Å². The van der Waals surface area contributed by atoms with Crippen molar-refractivity contribution in [2.24, 2.45) is 0 Å². The van der Waals surface area contributed by atoms with Gasteiger partial charge in [-0.1, -0.05) is 25.5 Å². The third-order valence-corrected chi connectivity index (χ3v) is 8.06. The number of hydrogen-bond donors (Lipinski definition) is 0. The Morgan fingerprint density at radius 1 is 1.09 bits per heavy atom. The number of carbonyl (C=O) groups excluding carboxylic acids is 3. The minimum Gasteiger partial charge on any atom is -0.456 e. The number of unbranched alkanes of at least 4 members (excludes halogenated alkanes) is 1. The molecular weight excluding hydrogens is 430 g/mol. The predicted octanol–water partition coefficient (Wildman–Crippen LogP) is 2.89. The summed E-state index contributed by atoms with van der Waals surface area (Å²) in [5.41, 5.74) is 3.13. The van der Waals surface area contributed by atoms with Crippen LogP contribution >= 0.6 is 0 Å². The van der Waals surface area contributed by atoms with Crippen LogP contribution in [0, 0.1) is 0 Å². The smallest absolute Gasteiger partial charge is 0.306 e. The number of ether oxygens (including phenoxy) is 1. The molecule has 1 saturated heterocycles. The van der Waals surface area contributed by atoms with Crippen molar-refractivity contribution in [1.82, 2.24) is 4.90 Å². The van der Waals surface area contributed by atoms with E-state index in [1.165, 1.54) is 17.5 Å². The molecule has 1 amide bonds. The van der Waals surface area contributed by atoms with Crippen molar-refractivity contribution in [3.8, 4) is 0 Å². The first-order chi connectivity index (χ1) is 15.3.